The Kier molecular flexibility index (Phi) is 6.54. The van der Waals surface area contributed by atoms with Gasteiger partial charge < -0.3 is 15.4 Å². The predicted octanol–water partition coefficient (Wildman–Crippen LogP) is 2.62. The van der Waals surface area contributed by atoms with Gasteiger partial charge in [-0.25, -0.2) is 0 Å². The molecule has 1 aliphatic rings. The van der Waals surface area contributed by atoms with Gasteiger partial charge in [0.1, 0.15) is 5.75 Å². The van der Waals surface area contributed by atoms with Gasteiger partial charge >= 0.3 is 0 Å². The standard InChI is InChI=1S/C17H26N2O2/c1-21-16-10-6-5-7-14(16)13-18-12-11-17(20)19-15-8-3-2-4-9-15/h5-7,10,15,18H,2-4,8-9,11-13H2,1H3,(H,19,20). The minimum atomic E-state index is 0.162. The molecule has 0 atom stereocenters. The Morgan fingerprint density at radius 1 is 1.24 bits per heavy atom. The molecule has 1 fully saturated rings. The van der Waals surface area contributed by atoms with Gasteiger partial charge in [-0.2, -0.15) is 0 Å². The molecule has 4 heteroatoms. The van der Waals surface area contributed by atoms with Crippen molar-refractivity contribution in [2.75, 3.05) is 13.7 Å². The molecule has 0 unspecified atom stereocenters. The van der Waals surface area contributed by atoms with E-state index in [0.717, 1.165) is 30.7 Å². The van der Waals surface area contributed by atoms with E-state index >= 15 is 0 Å². The third-order valence-electron chi connectivity index (χ3n) is 4.01. The van der Waals surface area contributed by atoms with Crippen molar-refractivity contribution in [3.05, 3.63) is 29.8 Å². The molecule has 0 spiro atoms. The highest BCUT2D eigenvalue weighted by atomic mass is 16.5. The van der Waals surface area contributed by atoms with Crippen LogP contribution in [0, 0.1) is 0 Å². The summed E-state index contributed by atoms with van der Waals surface area (Å²) in [6.07, 6.45) is 6.62. The van der Waals surface area contributed by atoms with Crippen LogP contribution in [0.5, 0.6) is 5.75 Å². The van der Waals surface area contributed by atoms with E-state index in [2.05, 4.69) is 10.6 Å². The monoisotopic (exact) mass is 290 g/mol. The van der Waals surface area contributed by atoms with E-state index in [-0.39, 0.29) is 5.91 Å². The van der Waals surface area contributed by atoms with Crippen molar-refractivity contribution in [1.82, 2.24) is 10.6 Å². The highest BCUT2D eigenvalue weighted by Gasteiger charge is 2.15. The van der Waals surface area contributed by atoms with E-state index in [1.165, 1.54) is 19.3 Å². The predicted molar refractivity (Wildman–Crippen MR) is 84.3 cm³/mol. The maximum absolute atomic E-state index is 11.9. The Morgan fingerprint density at radius 3 is 2.76 bits per heavy atom. The summed E-state index contributed by atoms with van der Waals surface area (Å²) in [6, 6.07) is 8.34. The molecule has 0 radical (unpaired) electrons. The first-order valence-corrected chi connectivity index (χ1v) is 7.91. The summed E-state index contributed by atoms with van der Waals surface area (Å²) in [5.41, 5.74) is 1.12. The Bertz CT molecular complexity index is 442. The number of hydrogen-bond donors (Lipinski definition) is 2. The fourth-order valence-corrected chi connectivity index (χ4v) is 2.82. The Morgan fingerprint density at radius 2 is 2.00 bits per heavy atom. The Balaban J connectivity index is 1.63. The molecule has 2 rings (SSSR count). The molecule has 0 aromatic heterocycles. The van der Waals surface area contributed by atoms with Crippen LogP contribution in [-0.2, 0) is 11.3 Å². The molecule has 0 aliphatic heterocycles. The first-order chi connectivity index (χ1) is 10.3. The number of hydrogen-bond acceptors (Lipinski definition) is 3. The van der Waals surface area contributed by atoms with Crippen LogP contribution in [0.25, 0.3) is 0 Å². The first kappa shape index (κ1) is 15.8. The lowest BCUT2D eigenvalue weighted by Gasteiger charge is -2.22. The van der Waals surface area contributed by atoms with Gasteiger partial charge in [0, 0.05) is 31.1 Å². The molecule has 1 aromatic rings. The van der Waals surface area contributed by atoms with E-state index in [0.29, 0.717) is 19.0 Å². The van der Waals surface area contributed by atoms with Crippen LogP contribution >= 0.6 is 0 Å². The normalized spacial score (nSPS) is 15.7. The zero-order chi connectivity index (χ0) is 14.9. The van der Waals surface area contributed by atoms with E-state index < -0.39 is 0 Å². The summed E-state index contributed by atoms with van der Waals surface area (Å²) in [5.74, 6) is 1.05. The van der Waals surface area contributed by atoms with Crippen LogP contribution in [0.1, 0.15) is 44.1 Å². The molecule has 1 aliphatic carbocycles. The lowest BCUT2D eigenvalue weighted by molar-refractivity contribution is -0.121. The van der Waals surface area contributed by atoms with Crippen LogP contribution in [0.4, 0.5) is 0 Å². The fraction of sp³-hybridized carbons (Fsp3) is 0.588. The summed E-state index contributed by atoms with van der Waals surface area (Å²) < 4.78 is 5.30. The maximum atomic E-state index is 11.9. The summed E-state index contributed by atoms with van der Waals surface area (Å²) in [6.45, 7) is 1.41. The zero-order valence-corrected chi connectivity index (χ0v) is 12.9. The molecular formula is C17H26N2O2. The van der Waals surface area contributed by atoms with Gasteiger partial charge in [-0.1, -0.05) is 37.5 Å². The fourth-order valence-electron chi connectivity index (χ4n) is 2.82. The second kappa shape index (κ2) is 8.67. The van der Waals surface area contributed by atoms with Gasteiger partial charge in [0.2, 0.25) is 5.91 Å². The number of benzene rings is 1. The van der Waals surface area contributed by atoms with Crippen molar-refractivity contribution in [3.63, 3.8) is 0 Å². The topological polar surface area (TPSA) is 50.4 Å². The molecule has 0 saturated heterocycles. The molecular weight excluding hydrogens is 264 g/mol. The number of rotatable bonds is 7. The molecule has 0 heterocycles. The molecule has 1 aromatic carbocycles. The minimum Gasteiger partial charge on any atom is -0.496 e. The summed E-state index contributed by atoms with van der Waals surface area (Å²) in [5, 5.41) is 6.44. The van der Waals surface area contributed by atoms with Crippen molar-refractivity contribution < 1.29 is 9.53 Å². The average molecular weight is 290 g/mol. The van der Waals surface area contributed by atoms with Gasteiger partial charge in [-0.15, -0.1) is 0 Å². The molecule has 0 bridgehead atoms. The second-order valence-corrected chi connectivity index (χ2v) is 5.64. The number of amides is 1. The number of nitrogens with one attached hydrogen (secondary N) is 2. The van der Waals surface area contributed by atoms with Gasteiger partial charge in [0.05, 0.1) is 7.11 Å². The molecule has 1 saturated carbocycles. The number of carbonyl (C=O) groups is 1. The maximum Gasteiger partial charge on any atom is 0.221 e. The van der Waals surface area contributed by atoms with E-state index in [9.17, 15) is 4.79 Å². The van der Waals surface area contributed by atoms with Crippen LogP contribution in [0.3, 0.4) is 0 Å². The smallest absolute Gasteiger partial charge is 0.221 e. The highest BCUT2D eigenvalue weighted by molar-refractivity contribution is 5.76. The summed E-state index contributed by atoms with van der Waals surface area (Å²) in [7, 11) is 1.68. The van der Waals surface area contributed by atoms with Crippen LogP contribution in [0.2, 0.25) is 0 Å². The van der Waals surface area contributed by atoms with Crippen molar-refractivity contribution in [2.45, 2.75) is 51.1 Å². The molecule has 21 heavy (non-hydrogen) atoms. The molecule has 4 nitrogen and oxygen atoms in total. The minimum absolute atomic E-state index is 0.162. The largest absolute Gasteiger partial charge is 0.496 e. The van der Waals surface area contributed by atoms with Crippen molar-refractivity contribution >= 4 is 5.91 Å². The summed E-state index contributed by atoms with van der Waals surface area (Å²) in [4.78, 5) is 11.9. The second-order valence-electron chi connectivity index (χ2n) is 5.64. The van der Waals surface area contributed by atoms with Crippen molar-refractivity contribution in [3.8, 4) is 5.75 Å². The zero-order valence-electron chi connectivity index (χ0n) is 12.9. The molecule has 2 N–H and O–H groups in total. The summed E-state index contributed by atoms with van der Waals surface area (Å²) >= 11 is 0. The number of carbonyl (C=O) groups excluding carboxylic acids is 1. The van der Waals surface area contributed by atoms with Gasteiger partial charge in [0.15, 0.2) is 0 Å². The lowest BCUT2D eigenvalue weighted by atomic mass is 9.95. The molecule has 1 amide bonds. The lowest BCUT2D eigenvalue weighted by Crippen LogP contribution is -2.37. The van der Waals surface area contributed by atoms with Gasteiger partial charge in [0.25, 0.3) is 0 Å². The van der Waals surface area contributed by atoms with Crippen LogP contribution in [-0.4, -0.2) is 25.6 Å². The van der Waals surface area contributed by atoms with Crippen LogP contribution < -0.4 is 15.4 Å². The average Bonchev–Trinajstić information content (AvgIpc) is 2.53. The van der Waals surface area contributed by atoms with Crippen LogP contribution in [0.15, 0.2) is 24.3 Å². The third kappa shape index (κ3) is 5.38. The quantitative estimate of drug-likeness (QED) is 0.759. The number of para-hydroxylation sites is 1. The number of methoxy groups -OCH3 is 1. The number of ether oxygens (including phenoxy) is 1. The van der Waals surface area contributed by atoms with Gasteiger partial charge in [-0.3, -0.25) is 4.79 Å². The molecule has 116 valence electrons. The first-order valence-electron chi connectivity index (χ1n) is 7.91. The van der Waals surface area contributed by atoms with E-state index in [4.69, 9.17) is 4.74 Å². The van der Waals surface area contributed by atoms with Gasteiger partial charge in [-0.05, 0) is 18.9 Å². The van der Waals surface area contributed by atoms with Crippen molar-refractivity contribution in [2.24, 2.45) is 0 Å². The Hall–Kier alpha value is -1.55. The Labute approximate surface area is 127 Å². The van der Waals surface area contributed by atoms with E-state index in [1.54, 1.807) is 7.11 Å². The van der Waals surface area contributed by atoms with Crippen molar-refractivity contribution in [1.29, 1.82) is 0 Å². The van der Waals surface area contributed by atoms with E-state index in [1.807, 2.05) is 24.3 Å². The highest BCUT2D eigenvalue weighted by Crippen LogP contribution is 2.18. The third-order valence-corrected chi connectivity index (χ3v) is 4.01. The SMILES string of the molecule is COc1ccccc1CNCCC(=O)NC1CCCCC1.